The molecular formula is C21H33N5O3S. The maximum absolute atomic E-state index is 13.2. The number of aromatic nitrogens is 2. The van der Waals surface area contributed by atoms with Crippen molar-refractivity contribution in [2.24, 2.45) is 30.2 Å². The van der Waals surface area contributed by atoms with Crippen LogP contribution in [0.25, 0.3) is 0 Å². The molecule has 0 aromatic carbocycles. The number of amides is 1. The summed E-state index contributed by atoms with van der Waals surface area (Å²) in [5.74, 6) is 2.30. The normalized spacial score (nSPS) is 39.9. The molecule has 0 spiro atoms. The lowest BCUT2D eigenvalue weighted by Crippen LogP contribution is -2.58. The van der Waals surface area contributed by atoms with Crippen molar-refractivity contribution in [2.45, 2.75) is 64.0 Å². The summed E-state index contributed by atoms with van der Waals surface area (Å²) in [6.07, 6.45) is 10.00. The number of carbonyl (C=O) groups excluding carboxylic acids is 1. The van der Waals surface area contributed by atoms with Gasteiger partial charge in [0.2, 0.25) is 5.91 Å². The molecule has 8 nitrogen and oxygen atoms in total. The van der Waals surface area contributed by atoms with Crippen molar-refractivity contribution in [3.8, 4) is 0 Å². The van der Waals surface area contributed by atoms with E-state index >= 15 is 0 Å². The Kier molecular flexibility index (Phi) is 4.79. The minimum atomic E-state index is -3.74. The molecule has 2 atom stereocenters. The van der Waals surface area contributed by atoms with Crippen LogP contribution in [0.5, 0.6) is 0 Å². The molecule has 2 N–H and O–H groups in total. The molecule has 1 aromatic rings. The number of rotatable bonds is 4. The van der Waals surface area contributed by atoms with Gasteiger partial charge in [-0.1, -0.05) is 0 Å². The fourth-order valence-electron chi connectivity index (χ4n) is 7.17. The van der Waals surface area contributed by atoms with Crippen LogP contribution in [0.4, 0.5) is 0 Å². The Morgan fingerprint density at radius 2 is 1.77 bits per heavy atom. The number of aryl methyl sites for hydroxylation is 2. The largest absolute Gasteiger partial charge is 0.354 e. The Hall–Kier alpha value is -1.45. The Balaban J connectivity index is 1.31. The van der Waals surface area contributed by atoms with Crippen molar-refractivity contribution >= 4 is 16.1 Å². The van der Waals surface area contributed by atoms with Crippen LogP contribution in [0.15, 0.2) is 6.20 Å². The maximum atomic E-state index is 13.2. The lowest BCUT2D eigenvalue weighted by molar-refractivity contribution is -0.127. The average Bonchev–Trinajstić information content (AvgIpc) is 2.99. The minimum absolute atomic E-state index is 0.176. The van der Waals surface area contributed by atoms with Crippen molar-refractivity contribution in [3.05, 3.63) is 17.5 Å². The second-order valence-electron chi connectivity index (χ2n) is 10.4. The van der Waals surface area contributed by atoms with Gasteiger partial charge in [0.15, 0.2) is 0 Å². The minimum Gasteiger partial charge on any atom is -0.354 e. The molecule has 5 aliphatic rings. The van der Waals surface area contributed by atoms with Crippen molar-refractivity contribution in [1.29, 1.82) is 0 Å². The first-order valence-electron chi connectivity index (χ1n) is 11.2. The van der Waals surface area contributed by atoms with Crippen molar-refractivity contribution in [1.82, 2.24) is 24.1 Å². The van der Waals surface area contributed by atoms with E-state index in [2.05, 4.69) is 15.1 Å². The molecule has 2 heterocycles. The van der Waals surface area contributed by atoms with Gasteiger partial charge in [-0.2, -0.15) is 22.5 Å². The predicted molar refractivity (Wildman–Crippen MR) is 113 cm³/mol. The van der Waals surface area contributed by atoms with E-state index in [1.54, 1.807) is 4.68 Å². The first-order valence-corrected chi connectivity index (χ1v) is 12.6. The van der Waals surface area contributed by atoms with Crippen LogP contribution in [-0.4, -0.2) is 48.0 Å². The summed E-state index contributed by atoms with van der Waals surface area (Å²) >= 11 is 0. The number of hydrogen-bond acceptors (Lipinski definition) is 4. The van der Waals surface area contributed by atoms with Crippen LogP contribution >= 0.6 is 0 Å². The van der Waals surface area contributed by atoms with E-state index in [0.717, 1.165) is 29.0 Å². The summed E-state index contributed by atoms with van der Waals surface area (Å²) in [4.78, 5) is 13.2. The number of nitrogens with zero attached hydrogens (tertiary/aromatic N) is 3. The van der Waals surface area contributed by atoms with E-state index in [0.29, 0.717) is 13.0 Å². The number of hydrogen-bond donors (Lipinski definition) is 2. The lowest BCUT2D eigenvalue weighted by atomic mass is 9.49. The molecule has 4 saturated carbocycles. The molecule has 1 amide bonds. The highest BCUT2D eigenvalue weighted by Crippen LogP contribution is 2.59. The molecule has 1 aliphatic heterocycles. The molecule has 0 radical (unpaired) electrons. The molecule has 9 heteroatoms. The molecular weight excluding hydrogens is 402 g/mol. The van der Waals surface area contributed by atoms with E-state index in [1.807, 2.05) is 20.2 Å². The van der Waals surface area contributed by atoms with Gasteiger partial charge in [-0.25, -0.2) is 0 Å². The van der Waals surface area contributed by atoms with E-state index < -0.39 is 22.3 Å². The lowest BCUT2D eigenvalue weighted by Gasteiger charge is -2.57. The van der Waals surface area contributed by atoms with Crippen LogP contribution in [0, 0.1) is 30.1 Å². The average molecular weight is 436 g/mol. The number of carbonyl (C=O) groups is 1. The predicted octanol–water partition coefficient (Wildman–Crippen LogP) is 1.64. The quantitative estimate of drug-likeness (QED) is 0.751. The molecule has 4 bridgehead atoms. The molecule has 4 aliphatic carbocycles. The zero-order valence-corrected chi connectivity index (χ0v) is 18.9. The van der Waals surface area contributed by atoms with Gasteiger partial charge in [-0.15, -0.1) is 0 Å². The molecule has 6 rings (SSSR count). The highest BCUT2D eigenvalue weighted by molar-refractivity contribution is 7.87. The Bertz CT molecular complexity index is 921. The first kappa shape index (κ1) is 20.5. The van der Waals surface area contributed by atoms with Crippen LogP contribution in [0.3, 0.4) is 0 Å². The highest BCUT2D eigenvalue weighted by Gasteiger charge is 2.51. The molecule has 0 unspecified atom stereocenters. The fraction of sp³-hybridized carbons (Fsp3) is 0.810. The van der Waals surface area contributed by atoms with Gasteiger partial charge >= 0.3 is 0 Å². The monoisotopic (exact) mass is 435 g/mol. The van der Waals surface area contributed by atoms with Gasteiger partial charge < -0.3 is 5.32 Å². The topological polar surface area (TPSA) is 96.3 Å². The Labute approximate surface area is 179 Å². The van der Waals surface area contributed by atoms with Crippen LogP contribution in [0.2, 0.25) is 0 Å². The fourth-order valence-corrected chi connectivity index (χ4v) is 8.44. The van der Waals surface area contributed by atoms with E-state index in [1.165, 1.54) is 49.9 Å². The SMILES string of the molecule is Cc1nn(C)cc1[C@@H]1C[C@H](C(=O)NCC23CC4CC(CC(C4)C2)C3)N(C)S(=O)(=O)N1. The third-order valence-corrected chi connectivity index (χ3v) is 9.70. The Morgan fingerprint density at radius 1 is 1.17 bits per heavy atom. The van der Waals surface area contributed by atoms with Gasteiger partial charge in [-0.3, -0.25) is 9.48 Å². The summed E-state index contributed by atoms with van der Waals surface area (Å²) in [6.45, 7) is 2.55. The number of likely N-dealkylation sites (N-methyl/N-ethyl adjacent to an activating group) is 1. The summed E-state index contributed by atoms with van der Waals surface area (Å²) < 4.78 is 31.0. The van der Waals surface area contributed by atoms with Gasteiger partial charge in [0.1, 0.15) is 6.04 Å². The van der Waals surface area contributed by atoms with Gasteiger partial charge in [0, 0.05) is 32.4 Å². The van der Waals surface area contributed by atoms with Crippen molar-refractivity contribution in [3.63, 3.8) is 0 Å². The Morgan fingerprint density at radius 3 is 2.30 bits per heavy atom. The van der Waals surface area contributed by atoms with Crippen molar-refractivity contribution < 1.29 is 13.2 Å². The third-order valence-electron chi connectivity index (χ3n) is 8.10. The zero-order valence-electron chi connectivity index (χ0n) is 18.1. The van der Waals surface area contributed by atoms with Crippen molar-refractivity contribution in [2.75, 3.05) is 13.6 Å². The van der Waals surface area contributed by atoms with Gasteiger partial charge in [0.25, 0.3) is 10.2 Å². The smallest absolute Gasteiger partial charge is 0.280 e. The second kappa shape index (κ2) is 7.03. The van der Waals surface area contributed by atoms with Gasteiger partial charge in [-0.05, 0) is 75.0 Å². The van der Waals surface area contributed by atoms with E-state index in [-0.39, 0.29) is 11.3 Å². The molecule has 166 valence electrons. The summed E-state index contributed by atoms with van der Waals surface area (Å²) in [7, 11) is -0.433. The summed E-state index contributed by atoms with van der Waals surface area (Å²) in [6, 6.07) is -1.16. The van der Waals surface area contributed by atoms with Gasteiger partial charge in [0.05, 0.1) is 11.7 Å². The maximum Gasteiger partial charge on any atom is 0.280 e. The van der Waals surface area contributed by atoms with Crippen LogP contribution in [0.1, 0.15) is 62.2 Å². The van der Waals surface area contributed by atoms with Crippen LogP contribution < -0.4 is 10.0 Å². The molecule has 1 aromatic heterocycles. The molecule has 30 heavy (non-hydrogen) atoms. The summed E-state index contributed by atoms with van der Waals surface area (Å²) in [5.41, 5.74) is 1.84. The third kappa shape index (κ3) is 3.48. The second-order valence-corrected chi connectivity index (χ2v) is 12.2. The van der Waals surface area contributed by atoms with E-state index in [9.17, 15) is 13.2 Å². The molecule has 5 fully saturated rings. The first-order chi connectivity index (χ1) is 14.1. The highest BCUT2D eigenvalue weighted by atomic mass is 32.2. The summed E-state index contributed by atoms with van der Waals surface area (Å²) in [5, 5.41) is 7.51. The van der Waals surface area contributed by atoms with Crippen LogP contribution in [-0.2, 0) is 22.1 Å². The van der Waals surface area contributed by atoms with E-state index in [4.69, 9.17) is 0 Å². The number of nitrogens with one attached hydrogen (secondary N) is 2. The molecule has 1 saturated heterocycles. The zero-order chi connectivity index (χ0) is 21.3. The standard InChI is InChI=1S/C21H33N5O3S/c1-13-17(11-25(2)23-13)18-7-19(26(3)30(28,29)24-18)20(27)22-12-21-8-14-4-15(9-21)6-16(5-14)10-21/h11,14-16,18-19,24H,4-10,12H2,1-3H3,(H,22,27)/t14?,15?,16?,18-,19+,21?/m0/s1.